The summed E-state index contributed by atoms with van der Waals surface area (Å²) in [4.78, 5) is 29.6. The summed E-state index contributed by atoms with van der Waals surface area (Å²) in [5.41, 5.74) is 2.13. The predicted molar refractivity (Wildman–Crippen MR) is 114 cm³/mol. The van der Waals surface area contributed by atoms with E-state index in [0.717, 1.165) is 37.9 Å². The van der Waals surface area contributed by atoms with E-state index in [1.165, 1.54) is 5.56 Å². The summed E-state index contributed by atoms with van der Waals surface area (Å²) in [6.45, 7) is 2.77. The first-order chi connectivity index (χ1) is 14.2. The second-order valence-corrected chi connectivity index (χ2v) is 8.05. The topological polar surface area (TPSA) is 52.7 Å². The molecule has 0 saturated carbocycles. The van der Waals surface area contributed by atoms with E-state index in [1.54, 1.807) is 0 Å². The molecule has 4 rings (SSSR count). The van der Waals surface area contributed by atoms with Gasteiger partial charge >= 0.3 is 0 Å². The summed E-state index contributed by atoms with van der Waals surface area (Å²) in [6, 6.07) is 20.4. The van der Waals surface area contributed by atoms with Gasteiger partial charge in [0.25, 0.3) is 0 Å². The van der Waals surface area contributed by atoms with Crippen LogP contribution in [-0.4, -0.2) is 47.8 Å². The number of benzene rings is 2. The highest BCUT2D eigenvalue weighted by atomic mass is 16.2. The second-order valence-electron chi connectivity index (χ2n) is 8.05. The number of hydrogen-bond donors (Lipinski definition) is 1. The number of hydrogen-bond acceptors (Lipinski definition) is 3. The molecule has 2 heterocycles. The number of piperidine rings is 1. The van der Waals surface area contributed by atoms with E-state index in [9.17, 15) is 9.59 Å². The van der Waals surface area contributed by atoms with Gasteiger partial charge in [0.2, 0.25) is 11.8 Å². The van der Waals surface area contributed by atoms with Crippen LogP contribution in [0.3, 0.4) is 0 Å². The average molecular weight is 392 g/mol. The number of carbonyl (C=O) groups excluding carboxylic acids is 2. The van der Waals surface area contributed by atoms with Crippen molar-refractivity contribution >= 4 is 17.5 Å². The molecule has 5 heteroatoms. The molecule has 2 aliphatic rings. The number of anilines is 1. The molecule has 0 aromatic heterocycles. The van der Waals surface area contributed by atoms with Crippen molar-refractivity contribution in [1.29, 1.82) is 0 Å². The molecule has 0 aliphatic carbocycles. The van der Waals surface area contributed by atoms with Crippen molar-refractivity contribution in [2.45, 2.75) is 31.7 Å². The van der Waals surface area contributed by atoms with Crippen molar-refractivity contribution in [3.05, 3.63) is 66.2 Å². The first-order valence-corrected chi connectivity index (χ1v) is 10.6. The lowest BCUT2D eigenvalue weighted by Gasteiger charge is -2.33. The van der Waals surface area contributed by atoms with Crippen molar-refractivity contribution in [3.8, 4) is 0 Å². The minimum absolute atomic E-state index is 0.0249. The number of likely N-dealkylation sites (tertiary alicyclic amines) is 2. The molecule has 0 spiro atoms. The van der Waals surface area contributed by atoms with E-state index in [0.29, 0.717) is 25.7 Å². The van der Waals surface area contributed by atoms with Crippen LogP contribution in [0.15, 0.2) is 60.7 Å². The number of nitrogens with one attached hydrogen (secondary N) is 1. The van der Waals surface area contributed by atoms with Gasteiger partial charge in [0, 0.05) is 30.7 Å². The fraction of sp³-hybridized carbons (Fsp3) is 0.417. The maximum atomic E-state index is 12.9. The lowest BCUT2D eigenvalue weighted by Crippen LogP contribution is -2.45. The normalized spacial score (nSPS) is 20.6. The zero-order valence-electron chi connectivity index (χ0n) is 16.8. The van der Waals surface area contributed by atoms with Crippen LogP contribution in [0.1, 0.15) is 37.3 Å². The summed E-state index contributed by atoms with van der Waals surface area (Å²) >= 11 is 0. The SMILES string of the molecule is O=C(Nc1ccccc1)C1CCN(C(=O)CN2CCC[C@@H]2c2ccccc2)CC1. The van der Waals surface area contributed by atoms with E-state index in [-0.39, 0.29) is 17.7 Å². The monoisotopic (exact) mass is 391 g/mol. The van der Waals surface area contributed by atoms with Gasteiger partial charge in [0.15, 0.2) is 0 Å². The maximum absolute atomic E-state index is 12.9. The van der Waals surface area contributed by atoms with Crippen LogP contribution in [0, 0.1) is 5.92 Å². The number of rotatable bonds is 5. The first kappa shape index (κ1) is 19.6. The fourth-order valence-electron chi connectivity index (χ4n) is 4.50. The minimum atomic E-state index is -0.0249. The standard InChI is InChI=1S/C24H29N3O2/c28-23(18-27-15-7-12-22(27)19-8-3-1-4-9-19)26-16-13-20(14-17-26)24(29)25-21-10-5-2-6-11-21/h1-6,8-11,20,22H,7,12-18H2,(H,25,29)/t22-/m1/s1. The Labute approximate surface area is 172 Å². The summed E-state index contributed by atoms with van der Waals surface area (Å²) in [7, 11) is 0. The Bertz CT molecular complexity index is 817. The molecule has 152 valence electrons. The van der Waals surface area contributed by atoms with Crippen LogP contribution in [0.25, 0.3) is 0 Å². The zero-order chi connectivity index (χ0) is 20.1. The Morgan fingerprint density at radius 1 is 0.862 bits per heavy atom. The Kier molecular flexibility index (Phi) is 6.25. The molecular formula is C24H29N3O2. The zero-order valence-corrected chi connectivity index (χ0v) is 16.8. The molecule has 2 aliphatic heterocycles. The molecule has 2 aromatic carbocycles. The highest BCUT2D eigenvalue weighted by molar-refractivity contribution is 5.92. The second kappa shape index (κ2) is 9.23. The third-order valence-electron chi connectivity index (χ3n) is 6.15. The summed E-state index contributed by atoms with van der Waals surface area (Å²) in [5.74, 6) is 0.227. The van der Waals surface area contributed by atoms with E-state index < -0.39 is 0 Å². The minimum Gasteiger partial charge on any atom is -0.342 e. The quantitative estimate of drug-likeness (QED) is 0.846. The molecule has 0 unspecified atom stereocenters. The smallest absolute Gasteiger partial charge is 0.236 e. The van der Waals surface area contributed by atoms with E-state index in [1.807, 2.05) is 41.3 Å². The summed E-state index contributed by atoms with van der Waals surface area (Å²) in [6.07, 6.45) is 3.70. The van der Waals surface area contributed by atoms with Crippen LogP contribution >= 0.6 is 0 Å². The molecular weight excluding hydrogens is 362 g/mol. The summed E-state index contributed by atoms with van der Waals surface area (Å²) in [5, 5.41) is 2.99. The third kappa shape index (κ3) is 4.85. The lowest BCUT2D eigenvalue weighted by molar-refractivity contribution is -0.135. The van der Waals surface area contributed by atoms with E-state index >= 15 is 0 Å². The molecule has 0 radical (unpaired) electrons. The Hall–Kier alpha value is -2.66. The number of amides is 2. The largest absolute Gasteiger partial charge is 0.342 e. The molecule has 2 fully saturated rings. The highest BCUT2D eigenvalue weighted by Gasteiger charge is 2.31. The van der Waals surface area contributed by atoms with Gasteiger partial charge in [-0.2, -0.15) is 0 Å². The third-order valence-corrected chi connectivity index (χ3v) is 6.15. The van der Waals surface area contributed by atoms with Crippen molar-refractivity contribution < 1.29 is 9.59 Å². The fourth-order valence-corrected chi connectivity index (χ4v) is 4.50. The van der Waals surface area contributed by atoms with Crippen molar-refractivity contribution in [2.24, 2.45) is 5.92 Å². The lowest BCUT2D eigenvalue weighted by atomic mass is 9.95. The number of nitrogens with zero attached hydrogens (tertiary/aromatic N) is 2. The van der Waals surface area contributed by atoms with Crippen LogP contribution in [0.2, 0.25) is 0 Å². The van der Waals surface area contributed by atoms with Crippen LogP contribution in [0.4, 0.5) is 5.69 Å². The summed E-state index contributed by atoms with van der Waals surface area (Å²) < 4.78 is 0. The van der Waals surface area contributed by atoms with E-state index in [4.69, 9.17) is 0 Å². The van der Waals surface area contributed by atoms with Gasteiger partial charge in [-0.05, 0) is 49.9 Å². The highest BCUT2D eigenvalue weighted by Crippen LogP contribution is 2.31. The van der Waals surface area contributed by atoms with Gasteiger partial charge in [0.05, 0.1) is 6.54 Å². The molecule has 2 amide bonds. The van der Waals surface area contributed by atoms with Crippen LogP contribution in [0.5, 0.6) is 0 Å². The first-order valence-electron chi connectivity index (χ1n) is 10.6. The Morgan fingerprint density at radius 3 is 2.21 bits per heavy atom. The van der Waals surface area contributed by atoms with Crippen molar-refractivity contribution in [1.82, 2.24) is 9.80 Å². The van der Waals surface area contributed by atoms with Crippen LogP contribution < -0.4 is 5.32 Å². The molecule has 2 aromatic rings. The Balaban J connectivity index is 1.27. The van der Waals surface area contributed by atoms with E-state index in [2.05, 4.69) is 34.5 Å². The van der Waals surface area contributed by atoms with Gasteiger partial charge in [-0.25, -0.2) is 0 Å². The molecule has 5 nitrogen and oxygen atoms in total. The van der Waals surface area contributed by atoms with Gasteiger partial charge in [-0.1, -0.05) is 48.5 Å². The van der Waals surface area contributed by atoms with Crippen molar-refractivity contribution in [3.63, 3.8) is 0 Å². The van der Waals surface area contributed by atoms with Crippen molar-refractivity contribution in [2.75, 3.05) is 31.5 Å². The number of para-hydroxylation sites is 1. The molecule has 0 bridgehead atoms. The van der Waals surface area contributed by atoms with Gasteiger partial charge in [0.1, 0.15) is 0 Å². The molecule has 29 heavy (non-hydrogen) atoms. The molecule has 1 N–H and O–H groups in total. The predicted octanol–water partition coefficient (Wildman–Crippen LogP) is 3.70. The van der Waals surface area contributed by atoms with Gasteiger partial charge in [-0.15, -0.1) is 0 Å². The Morgan fingerprint density at radius 2 is 1.52 bits per heavy atom. The molecule has 2 saturated heterocycles. The van der Waals surface area contributed by atoms with Crippen LogP contribution in [-0.2, 0) is 9.59 Å². The van der Waals surface area contributed by atoms with Gasteiger partial charge in [-0.3, -0.25) is 14.5 Å². The number of carbonyl (C=O) groups is 2. The molecule has 1 atom stereocenters. The maximum Gasteiger partial charge on any atom is 0.236 e. The average Bonchev–Trinajstić information content (AvgIpc) is 3.23. The van der Waals surface area contributed by atoms with Gasteiger partial charge < -0.3 is 10.2 Å².